The summed E-state index contributed by atoms with van der Waals surface area (Å²) in [4.78, 5) is 0. The minimum atomic E-state index is -0.744. The molecule has 0 bridgehead atoms. The number of aliphatic hydroxyl groups excluding tert-OH is 3. The van der Waals surface area contributed by atoms with Gasteiger partial charge in [0.25, 0.3) is 0 Å². The predicted molar refractivity (Wildman–Crippen MR) is 38.1 cm³/mol. The highest BCUT2D eigenvalue weighted by atomic mass is 16.5. The molecule has 0 saturated carbocycles. The topological polar surface area (TPSA) is 69.9 Å². The van der Waals surface area contributed by atoms with Crippen molar-refractivity contribution in [1.29, 1.82) is 0 Å². The zero-order valence-corrected chi connectivity index (χ0v) is 6.47. The first-order valence-electron chi connectivity index (χ1n) is 3.77. The van der Waals surface area contributed by atoms with Crippen LogP contribution >= 0.6 is 0 Å². The van der Waals surface area contributed by atoms with E-state index in [1.165, 1.54) is 0 Å². The highest BCUT2D eigenvalue weighted by Gasteiger charge is 2.32. The van der Waals surface area contributed by atoms with E-state index in [1.807, 2.05) is 0 Å². The molecule has 1 rings (SSSR count). The summed E-state index contributed by atoms with van der Waals surface area (Å²) >= 11 is 0. The van der Waals surface area contributed by atoms with E-state index in [9.17, 15) is 10.2 Å². The van der Waals surface area contributed by atoms with E-state index in [4.69, 9.17) is 9.84 Å². The zero-order chi connectivity index (χ0) is 8.43. The average molecular weight is 162 g/mol. The van der Waals surface area contributed by atoms with Gasteiger partial charge in [0, 0.05) is 6.42 Å². The number of hydrogen-bond acceptors (Lipinski definition) is 4. The normalized spacial score (nSPS) is 45.8. The fourth-order valence-corrected chi connectivity index (χ4v) is 1.21. The van der Waals surface area contributed by atoms with Gasteiger partial charge in [0.1, 0.15) is 6.10 Å². The van der Waals surface area contributed by atoms with Crippen LogP contribution in [-0.2, 0) is 4.74 Å². The number of rotatable bonds is 1. The second kappa shape index (κ2) is 3.49. The Morgan fingerprint density at radius 2 is 2.00 bits per heavy atom. The molecule has 66 valence electrons. The molecular weight excluding hydrogens is 148 g/mol. The fraction of sp³-hybridized carbons (Fsp3) is 1.00. The van der Waals surface area contributed by atoms with Gasteiger partial charge >= 0.3 is 0 Å². The van der Waals surface area contributed by atoms with Gasteiger partial charge in [-0.1, -0.05) is 0 Å². The van der Waals surface area contributed by atoms with E-state index in [0.717, 1.165) is 0 Å². The summed E-state index contributed by atoms with van der Waals surface area (Å²) in [6, 6.07) is 0. The molecule has 4 atom stereocenters. The van der Waals surface area contributed by atoms with Gasteiger partial charge in [-0.25, -0.2) is 0 Å². The van der Waals surface area contributed by atoms with Crippen LogP contribution in [0.25, 0.3) is 0 Å². The third-order valence-electron chi connectivity index (χ3n) is 2.02. The SMILES string of the molecule is C[C@H]1OC(CO)[C@@H](O)CC1O. The Labute approximate surface area is 65.4 Å². The van der Waals surface area contributed by atoms with Crippen LogP contribution in [0.4, 0.5) is 0 Å². The lowest BCUT2D eigenvalue weighted by atomic mass is 10.00. The van der Waals surface area contributed by atoms with Crippen molar-refractivity contribution >= 4 is 0 Å². The number of hydrogen-bond donors (Lipinski definition) is 3. The molecule has 0 aromatic heterocycles. The molecule has 0 radical (unpaired) electrons. The molecule has 3 N–H and O–H groups in total. The molecule has 0 aromatic carbocycles. The lowest BCUT2D eigenvalue weighted by Gasteiger charge is -2.34. The first-order valence-corrected chi connectivity index (χ1v) is 3.77. The Morgan fingerprint density at radius 3 is 2.55 bits per heavy atom. The summed E-state index contributed by atoms with van der Waals surface area (Å²) in [5, 5.41) is 27.1. The summed E-state index contributed by atoms with van der Waals surface area (Å²) in [5.74, 6) is 0. The van der Waals surface area contributed by atoms with E-state index in [0.29, 0.717) is 0 Å². The molecule has 1 heterocycles. The van der Waals surface area contributed by atoms with Gasteiger partial charge in [-0.15, -0.1) is 0 Å². The molecule has 0 aliphatic carbocycles. The fourth-order valence-electron chi connectivity index (χ4n) is 1.21. The van der Waals surface area contributed by atoms with Crippen LogP contribution in [-0.4, -0.2) is 46.3 Å². The number of ether oxygens (including phenoxy) is 1. The third kappa shape index (κ3) is 1.90. The van der Waals surface area contributed by atoms with Gasteiger partial charge in [-0.2, -0.15) is 0 Å². The Hall–Kier alpha value is -0.160. The van der Waals surface area contributed by atoms with Crippen molar-refractivity contribution in [2.45, 2.75) is 37.8 Å². The molecule has 2 unspecified atom stereocenters. The average Bonchev–Trinajstić information content (AvgIpc) is 1.97. The molecule has 1 aliphatic rings. The maximum absolute atomic E-state index is 9.21. The minimum Gasteiger partial charge on any atom is -0.394 e. The second-order valence-electron chi connectivity index (χ2n) is 2.93. The predicted octanol–water partition coefficient (Wildman–Crippen LogP) is -1.12. The minimum absolute atomic E-state index is 0.196. The van der Waals surface area contributed by atoms with Gasteiger partial charge < -0.3 is 20.1 Å². The molecule has 0 amide bonds. The number of aliphatic hydroxyl groups is 3. The van der Waals surface area contributed by atoms with E-state index in [-0.39, 0.29) is 19.1 Å². The lowest BCUT2D eigenvalue weighted by molar-refractivity contribution is -0.173. The van der Waals surface area contributed by atoms with Gasteiger partial charge in [0.15, 0.2) is 0 Å². The van der Waals surface area contributed by atoms with Crippen LogP contribution in [0.3, 0.4) is 0 Å². The van der Waals surface area contributed by atoms with Crippen molar-refractivity contribution < 1.29 is 20.1 Å². The molecule has 0 aromatic rings. The standard InChI is InChI=1S/C7H14O4/c1-4-5(9)2-6(10)7(3-8)11-4/h4-10H,2-3H2,1H3/t4-,5?,6+,7?/m1/s1. The van der Waals surface area contributed by atoms with Gasteiger partial charge in [-0.3, -0.25) is 0 Å². The molecule has 4 heteroatoms. The molecular formula is C7H14O4. The van der Waals surface area contributed by atoms with E-state index >= 15 is 0 Å². The van der Waals surface area contributed by atoms with E-state index in [2.05, 4.69) is 0 Å². The molecule has 11 heavy (non-hydrogen) atoms. The van der Waals surface area contributed by atoms with Crippen LogP contribution in [0.5, 0.6) is 0 Å². The summed E-state index contributed by atoms with van der Waals surface area (Å²) < 4.78 is 5.11. The first kappa shape index (κ1) is 8.93. The summed E-state index contributed by atoms with van der Waals surface area (Å²) in [6.45, 7) is 1.53. The van der Waals surface area contributed by atoms with Crippen molar-refractivity contribution in [3.8, 4) is 0 Å². The third-order valence-corrected chi connectivity index (χ3v) is 2.02. The van der Waals surface area contributed by atoms with Crippen LogP contribution in [0, 0.1) is 0 Å². The van der Waals surface area contributed by atoms with Gasteiger partial charge in [-0.05, 0) is 6.92 Å². The van der Waals surface area contributed by atoms with Crippen molar-refractivity contribution in [1.82, 2.24) is 0 Å². The monoisotopic (exact) mass is 162 g/mol. The van der Waals surface area contributed by atoms with E-state index in [1.54, 1.807) is 6.92 Å². The Kier molecular flexibility index (Phi) is 2.84. The summed E-state index contributed by atoms with van der Waals surface area (Å²) in [6.07, 6.45) is -1.91. The van der Waals surface area contributed by atoms with Crippen LogP contribution < -0.4 is 0 Å². The smallest absolute Gasteiger partial charge is 0.107 e. The Morgan fingerprint density at radius 1 is 1.36 bits per heavy atom. The van der Waals surface area contributed by atoms with Crippen LogP contribution in [0.2, 0.25) is 0 Å². The maximum Gasteiger partial charge on any atom is 0.107 e. The van der Waals surface area contributed by atoms with Crippen molar-refractivity contribution in [2.75, 3.05) is 6.61 Å². The quantitative estimate of drug-likeness (QED) is 0.456. The van der Waals surface area contributed by atoms with Crippen LogP contribution in [0.15, 0.2) is 0 Å². The van der Waals surface area contributed by atoms with Crippen molar-refractivity contribution in [3.05, 3.63) is 0 Å². The van der Waals surface area contributed by atoms with Crippen LogP contribution in [0.1, 0.15) is 13.3 Å². The van der Waals surface area contributed by atoms with Crippen molar-refractivity contribution in [3.63, 3.8) is 0 Å². The highest BCUT2D eigenvalue weighted by Crippen LogP contribution is 2.19. The summed E-state index contributed by atoms with van der Waals surface area (Å²) in [7, 11) is 0. The maximum atomic E-state index is 9.21. The molecule has 1 fully saturated rings. The molecule has 1 aliphatic heterocycles. The molecule has 0 spiro atoms. The Bertz CT molecular complexity index is 128. The highest BCUT2D eigenvalue weighted by molar-refractivity contribution is 4.81. The Balaban J connectivity index is 2.48. The molecule has 4 nitrogen and oxygen atoms in total. The first-order chi connectivity index (χ1) is 5.15. The molecule has 1 saturated heterocycles. The van der Waals surface area contributed by atoms with Gasteiger partial charge in [0.2, 0.25) is 0 Å². The summed E-state index contributed by atoms with van der Waals surface area (Å²) in [5.41, 5.74) is 0. The van der Waals surface area contributed by atoms with Crippen molar-refractivity contribution in [2.24, 2.45) is 0 Å². The zero-order valence-electron chi connectivity index (χ0n) is 6.47. The van der Waals surface area contributed by atoms with Gasteiger partial charge in [0.05, 0.1) is 24.9 Å². The second-order valence-corrected chi connectivity index (χ2v) is 2.93. The lowest BCUT2D eigenvalue weighted by Crippen LogP contribution is -2.47. The largest absolute Gasteiger partial charge is 0.394 e. The van der Waals surface area contributed by atoms with E-state index < -0.39 is 18.3 Å².